The van der Waals surface area contributed by atoms with Crippen LogP contribution in [0.15, 0.2) is 18.2 Å². The predicted octanol–water partition coefficient (Wildman–Crippen LogP) is 5.52. The lowest BCUT2D eigenvalue weighted by atomic mass is 9.73. The summed E-state index contributed by atoms with van der Waals surface area (Å²) in [4.78, 5) is 17.3. The molecule has 1 aromatic carbocycles. The Morgan fingerprint density at radius 2 is 2.00 bits per heavy atom. The van der Waals surface area contributed by atoms with Crippen LogP contribution >= 0.6 is 0 Å². The number of carbonyl (C=O) groups is 1. The minimum absolute atomic E-state index is 0.0892. The highest BCUT2D eigenvalue weighted by Crippen LogP contribution is 2.48. The molecule has 1 spiro atoms. The van der Waals surface area contributed by atoms with Gasteiger partial charge in [0.2, 0.25) is 0 Å². The second-order valence-electron chi connectivity index (χ2n) is 9.78. The predicted molar refractivity (Wildman–Crippen MR) is 119 cm³/mol. The van der Waals surface area contributed by atoms with Gasteiger partial charge in [-0.15, -0.1) is 0 Å². The van der Waals surface area contributed by atoms with Crippen LogP contribution in [0.4, 0.5) is 10.5 Å². The maximum absolute atomic E-state index is 12.6. The van der Waals surface area contributed by atoms with Crippen LogP contribution in [-0.2, 0) is 10.2 Å². The summed E-state index contributed by atoms with van der Waals surface area (Å²) in [5.74, 6) is 1.77. The lowest BCUT2D eigenvalue weighted by Crippen LogP contribution is -2.50. The Balaban J connectivity index is 1.53. The van der Waals surface area contributed by atoms with Gasteiger partial charge in [0.05, 0.1) is 12.3 Å². The number of hydrogen-bond donors (Lipinski definition) is 0. The van der Waals surface area contributed by atoms with Crippen LogP contribution in [-0.4, -0.2) is 43.3 Å². The summed E-state index contributed by atoms with van der Waals surface area (Å²) in [6.45, 7) is 12.3. The molecule has 2 heterocycles. The van der Waals surface area contributed by atoms with Crippen molar-refractivity contribution >= 4 is 11.8 Å². The fourth-order valence-corrected chi connectivity index (χ4v) is 6.35. The van der Waals surface area contributed by atoms with E-state index in [4.69, 9.17) is 4.74 Å². The average molecular weight is 399 g/mol. The number of benzene rings is 1. The highest BCUT2D eigenvalue weighted by atomic mass is 16.6. The minimum Gasteiger partial charge on any atom is -0.449 e. The van der Waals surface area contributed by atoms with Crippen LogP contribution in [0.3, 0.4) is 0 Å². The van der Waals surface area contributed by atoms with E-state index in [0.29, 0.717) is 6.61 Å². The number of anilines is 1. The molecule has 0 aromatic heterocycles. The van der Waals surface area contributed by atoms with Gasteiger partial charge in [-0.2, -0.15) is 0 Å². The molecule has 0 radical (unpaired) electrons. The number of aryl methyl sites for hydroxylation is 1. The van der Waals surface area contributed by atoms with E-state index in [-0.39, 0.29) is 11.5 Å². The Labute approximate surface area is 176 Å². The fraction of sp³-hybridized carbons (Fsp3) is 0.720. The van der Waals surface area contributed by atoms with E-state index in [9.17, 15) is 4.79 Å². The first kappa shape index (κ1) is 20.7. The molecule has 3 unspecified atom stereocenters. The van der Waals surface area contributed by atoms with Gasteiger partial charge in [0, 0.05) is 18.0 Å². The average Bonchev–Trinajstić information content (AvgIpc) is 3.26. The Bertz CT molecular complexity index is 738. The number of likely N-dealkylation sites (tertiary alicyclic amines) is 1. The van der Waals surface area contributed by atoms with Gasteiger partial charge < -0.3 is 9.64 Å². The molecule has 4 nitrogen and oxygen atoms in total. The Morgan fingerprint density at radius 3 is 2.62 bits per heavy atom. The first-order valence-corrected chi connectivity index (χ1v) is 11.8. The quantitative estimate of drug-likeness (QED) is 0.669. The van der Waals surface area contributed by atoms with Crippen LogP contribution in [0.5, 0.6) is 0 Å². The van der Waals surface area contributed by atoms with Crippen molar-refractivity contribution in [2.45, 2.75) is 77.7 Å². The molecule has 0 N–H and O–H groups in total. The monoisotopic (exact) mass is 398 g/mol. The normalized spacial score (nSPS) is 27.2. The van der Waals surface area contributed by atoms with Crippen LogP contribution in [0.1, 0.15) is 70.4 Å². The molecule has 4 heteroatoms. The molecule has 2 fully saturated rings. The van der Waals surface area contributed by atoms with Crippen molar-refractivity contribution < 1.29 is 9.53 Å². The van der Waals surface area contributed by atoms with Crippen molar-refractivity contribution in [3.8, 4) is 0 Å². The molecule has 0 bridgehead atoms. The maximum atomic E-state index is 12.6. The Morgan fingerprint density at radius 1 is 1.24 bits per heavy atom. The number of fused-ring (bicyclic) bond motifs is 2. The lowest BCUT2D eigenvalue weighted by molar-refractivity contribution is 0.0820. The van der Waals surface area contributed by atoms with Crippen LogP contribution in [0.2, 0.25) is 0 Å². The van der Waals surface area contributed by atoms with Gasteiger partial charge in [-0.1, -0.05) is 38.0 Å². The zero-order chi connectivity index (χ0) is 20.6. The van der Waals surface area contributed by atoms with Gasteiger partial charge in [0.1, 0.15) is 0 Å². The zero-order valence-corrected chi connectivity index (χ0v) is 18.7. The number of carbonyl (C=O) groups excluding carboxylic acids is 1. The van der Waals surface area contributed by atoms with Gasteiger partial charge in [0.25, 0.3) is 0 Å². The van der Waals surface area contributed by atoms with Crippen molar-refractivity contribution in [2.75, 3.05) is 31.1 Å². The molecular weight excluding hydrogens is 360 g/mol. The summed E-state index contributed by atoms with van der Waals surface area (Å²) >= 11 is 0. The maximum Gasteiger partial charge on any atom is 0.414 e. The van der Waals surface area contributed by atoms with Gasteiger partial charge in [-0.3, -0.25) is 4.90 Å². The third kappa shape index (κ3) is 3.81. The minimum atomic E-state index is -0.191. The van der Waals surface area contributed by atoms with Gasteiger partial charge in [-0.25, -0.2) is 4.79 Å². The third-order valence-electron chi connectivity index (χ3n) is 7.89. The summed E-state index contributed by atoms with van der Waals surface area (Å²) in [5.41, 5.74) is 3.81. The molecule has 1 saturated heterocycles. The van der Waals surface area contributed by atoms with Crippen molar-refractivity contribution in [2.24, 2.45) is 11.8 Å². The third-order valence-corrected chi connectivity index (χ3v) is 7.89. The molecule has 3 aliphatic rings. The van der Waals surface area contributed by atoms with Crippen LogP contribution < -0.4 is 4.90 Å². The highest BCUT2D eigenvalue weighted by Gasteiger charge is 2.48. The van der Waals surface area contributed by atoms with E-state index in [2.05, 4.69) is 43.9 Å². The second kappa shape index (κ2) is 8.29. The largest absolute Gasteiger partial charge is 0.449 e. The van der Waals surface area contributed by atoms with E-state index in [1.165, 1.54) is 36.8 Å². The summed E-state index contributed by atoms with van der Waals surface area (Å²) in [5, 5.41) is 0. The number of piperidine rings is 1. The standard InChI is InChI=1S/C25H38N2O2/c1-5-22(20-9-7-18(3)15-20)26-13-11-25(12-14-26)17-27(24(28)29-6-2)23-10-8-19(4)16-21(23)25/h8,10,16,18,20,22H,5-7,9,11-15,17H2,1-4H3. The van der Waals surface area contributed by atoms with Crippen LogP contribution in [0.25, 0.3) is 0 Å². The number of ether oxygens (including phenoxy) is 1. The molecule has 1 amide bonds. The molecule has 1 aliphatic carbocycles. The number of hydrogen-bond acceptors (Lipinski definition) is 3. The Hall–Kier alpha value is -1.55. The van der Waals surface area contributed by atoms with Crippen molar-refractivity contribution in [3.63, 3.8) is 0 Å². The SMILES string of the molecule is CCOC(=O)N1CC2(CCN(C(CC)C3CCC(C)C3)CC2)c2cc(C)ccc21. The fourth-order valence-electron chi connectivity index (χ4n) is 6.35. The smallest absolute Gasteiger partial charge is 0.414 e. The van der Waals surface area contributed by atoms with Crippen molar-refractivity contribution in [1.29, 1.82) is 0 Å². The zero-order valence-electron chi connectivity index (χ0n) is 18.7. The van der Waals surface area contributed by atoms with E-state index < -0.39 is 0 Å². The van der Waals surface area contributed by atoms with Crippen molar-refractivity contribution in [3.05, 3.63) is 29.3 Å². The number of rotatable bonds is 4. The molecule has 3 atom stereocenters. The molecule has 2 aliphatic heterocycles. The van der Waals surface area contributed by atoms with Gasteiger partial charge >= 0.3 is 6.09 Å². The molecule has 1 saturated carbocycles. The topological polar surface area (TPSA) is 32.8 Å². The highest BCUT2D eigenvalue weighted by molar-refractivity contribution is 5.91. The first-order valence-electron chi connectivity index (χ1n) is 11.8. The van der Waals surface area contributed by atoms with Crippen molar-refractivity contribution in [1.82, 2.24) is 4.90 Å². The second-order valence-corrected chi connectivity index (χ2v) is 9.78. The number of amides is 1. The van der Waals surface area contributed by atoms with Gasteiger partial charge in [0.15, 0.2) is 0 Å². The van der Waals surface area contributed by atoms with E-state index in [1.54, 1.807) is 0 Å². The molecule has 29 heavy (non-hydrogen) atoms. The van der Waals surface area contributed by atoms with E-state index >= 15 is 0 Å². The summed E-state index contributed by atoms with van der Waals surface area (Å²) in [6, 6.07) is 7.29. The van der Waals surface area contributed by atoms with Gasteiger partial charge in [-0.05, 0) is 82.5 Å². The molecular formula is C25H38N2O2. The number of nitrogens with zero attached hydrogens (tertiary/aromatic N) is 2. The Kier molecular flexibility index (Phi) is 5.92. The first-order chi connectivity index (χ1) is 14.0. The summed E-state index contributed by atoms with van der Waals surface area (Å²) < 4.78 is 5.38. The van der Waals surface area contributed by atoms with E-state index in [1.807, 2.05) is 11.8 Å². The lowest BCUT2D eigenvalue weighted by Gasteiger charge is -2.44. The summed E-state index contributed by atoms with van der Waals surface area (Å²) in [6.07, 6.45) is 7.55. The summed E-state index contributed by atoms with van der Waals surface area (Å²) in [7, 11) is 0. The molecule has 160 valence electrons. The molecule has 4 rings (SSSR count). The van der Waals surface area contributed by atoms with E-state index in [0.717, 1.165) is 56.0 Å². The molecule has 1 aromatic rings. The van der Waals surface area contributed by atoms with Crippen LogP contribution in [0, 0.1) is 18.8 Å².